The van der Waals surface area contributed by atoms with E-state index in [1.54, 1.807) is 0 Å². The molecule has 0 saturated carbocycles. The fraction of sp³-hybridized carbons (Fsp3) is 0.0769. The molecule has 2 aromatic carbocycles. The van der Waals surface area contributed by atoms with Gasteiger partial charge in [-0.15, -0.1) is 0 Å². The molecule has 0 aromatic heterocycles. The highest BCUT2D eigenvalue weighted by molar-refractivity contribution is 5.65. The van der Waals surface area contributed by atoms with Gasteiger partial charge in [-0.3, -0.25) is 0 Å². The molecule has 0 bridgehead atoms. The van der Waals surface area contributed by atoms with Crippen LogP contribution in [0.15, 0.2) is 36.4 Å². The number of hydrogen-bond donors (Lipinski definition) is 2. The first-order chi connectivity index (χ1) is 9.27. The number of rotatable bonds is 2. The van der Waals surface area contributed by atoms with Gasteiger partial charge in [-0.25, -0.2) is 4.39 Å². The Morgan fingerprint density at radius 2 is 1.45 bits per heavy atom. The molecule has 0 amide bonds. The molecular weight excluding hydrogens is 276 g/mol. The Labute approximate surface area is 111 Å². The van der Waals surface area contributed by atoms with E-state index in [4.69, 9.17) is 16.2 Å². The second-order valence-corrected chi connectivity index (χ2v) is 4.03. The number of ether oxygens (including phenoxy) is 1. The van der Waals surface area contributed by atoms with Crippen molar-refractivity contribution in [2.45, 2.75) is 6.18 Å². The van der Waals surface area contributed by atoms with Crippen molar-refractivity contribution in [3.05, 3.63) is 47.8 Å². The molecule has 0 spiro atoms. The predicted molar refractivity (Wildman–Crippen MR) is 66.7 cm³/mol. The number of halogens is 4. The lowest BCUT2D eigenvalue weighted by Crippen LogP contribution is -2.08. The summed E-state index contributed by atoms with van der Waals surface area (Å²) in [5, 5.41) is 0. The molecule has 20 heavy (non-hydrogen) atoms. The van der Waals surface area contributed by atoms with E-state index in [2.05, 4.69) is 0 Å². The van der Waals surface area contributed by atoms with Crippen LogP contribution in [0.3, 0.4) is 0 Å². The van der Waals surface area contributed by atoms with Crippen molar-refractivity contribution in [1.29, 1.82) is 0 Å². The van der Waals surface area contributed by atoms with Crippen molar-refractivity contribution >= 4 is 11.4 Å². The zero-order chi connectivity index (χ0) is 14.9. The average molecular weight is 286 g/mol. The Bertz CT molecular complexity index is 641. The summed E-state index contributed by atoms with van der Waals surface area (Å²) in [7, 11) is 0. The summed E-state index contributed by atoms with van der Waals surface area (Å²) in [5.74, 6) is -1.30. The smallest absolute Gasteiger partial charge is 0.419 e. The van der Waals surface area contributed by atoms with Gasteiger partial charge in [0.25, 0.3) is 0 Å². The Morgan fingerprint density at radius 1 is 0.850 bits per heavy atom. The van der Waals surface area contributed by atoms with Gasteiger partial charge in [-0.05, 0) is 30.3 Å². The maximum atomic E-state index is 13.1. The van der Waals surface area contributed by atoms with Crippen LogP contribution >= 0.6 is 0 Å². The summed E-state index contributed by atoms with van der Waals surface area (Å²) in [6, 6.07) is 6.64. The first-order valence-corrected chi connectivity index (χ1v) is 5.47. The number of anilines is 2. The van der Waals surface area contributed by atoms with Crippen LogP contribution in [0.25, 0.3) is 0 Å². The van der Waals surface area contributed by atoms with Crippen molar-refractivity contribution in [1.82, 2.24) is 0 Å². The molecule has 0 aliphatic heterocycles. The molecule has 7 heteroatoms. The highest BCUT2D eigenvalue weighted by Gasteiger charge is 2.34. The quantitative estimate of drug-likeness (QED) is 0.652. The summed E-state index contributed by atoms with van der Waals surface area (Å²) in [5.41, 5.74) is 10.2. The van der Waals surface area contributed by atoms with Crippen molar-refractivity contribution < 1.29 is 22.3 Å². The third-order valence-corrected chi connectivity index (χ3v) is 2.54. The minimum Gasteiger partial charge on any atom is -0.457 e. The molecule has 0 aliphatic rings. The molecule has 3 nitrogen and oxygen atoms in total. The second kappa shape index (κ2) is 4.92. The molecular formula is C13H10F4N2O. The van der Waals surface area contributed by atoms with Crippen molar-refractivity contribution in [2.24, 2.45) is 0 Å². The molecule has 0 radical (unpaired) electrons. The molecule has 2 rings (SSSR count). The van der Waals surface area contributed by atoms with Gasteiger partial charge >= 0.3 is 6.18 Å². The summed E-state index contributed by atoms with van der Waals surface area (Å²) < 4.78 is 56.0. The lowest BCUT2D eigenvalue weighted by Gasteiger charge is -2.11. The largest absolute Gasteiger partial charge is 0.457 e. The van der Waals surface area contributed by atoms with Gasteiger partial charge < -0.3 is 16.2 Å². The summed E-state index contributed by atoms with van der Waals surface area (Å²) >= 11 is 0. The minimum atomic E-state index is -4.79. The van der Waals surface area contributed by atoms with E-state index in [0.29, 0.717) is 17.8 Å². The van der Waals surface area contributed by atoms with E-state index in [0.717, 1.165) is 6.07 Å². The van der Waals surface area contributed by atoms with E-state index in [1.807, 2.05) is 0 Å². The van der Waals surface area contributed by atoms with Gasteiger partial charge in [-0.1, -0.05) is 0 Å². The highest BCUT2D eigenvalue weighted by atomic mass is 19.4. The van der Waals surface area contributed by atoms with Gasteiger partial charge in [0, 0.05) is 6.07 Å². The summed E-state index contributed by atoms with van der Waals surface area (Å²) in [6.45, 7) is 0. The van der Waals surface area contributed by atoms with Gasteiger partial charge in [0.05, 0.1) is 16.9 Å². The Balaban J connectivity index is 2.32. The molecule has 0 saturated heterocycles. The van der Waals surface area contributed by atoms with Crippen LogP contribution in [0, 0.1) is 5.82 Å². The average Bonchev–Trinajstić information content (AvgIpc) is 2.35. The molecule has 2 aromatic rings. The van der Waals surface area contributed by atoms with Crippen LogP contribution in [-0.4, -0.2) is 0 Å². The van der Waals surface area contributed by atoms with Gasteiger partial charge in [-0.2, -0.15) is 13.2 Å². The van der Waals surface area contributed by atoms with Crippen LogP contribution in [0.2, 0.25) is 0 Å². The highest BCUT2D eigenvalue weighted by Crippen LogP contribution is 2.35. The number of nitrogen functional groups attached to an aromatic ring is 2. The molecule has 4 N–H and O–H groups in total. The fourth-order valence-electron chi connectivity index (χ4n) is 1.54. The van der Waals surface area contributed by atoms with Crippen molar-refractivity contribution in [2.75, 3.05) is 11.5 Å². The van der Waals surface area contributed by atoms with Crippen LogP contribution in [-0.2, 0) is 6.18 Å². The number of benzene rings is 2. The topological polar surface area (TPSA) is 61.3 Å². The predicted octanol–water partition coefficient (Wildman–Crippen LogP) is 3.80. The number of hydrogen-bond acceptors (Lipinski definition) is 3. The Kier molecular flexibility index (Phi) is 3.44. The molecule has 0 fully saturated rings. The van der Waals surface area contributed by atoms with Crippen LogP contribution in [0.1, 0.15) is 5.56 Å². The number of alkyl halides is 3. The Morgan fingerprint density at radius 3 is 2.05 bits per heavy atom. The van der Waals surface area contributed by atoms with E-state index < -0.39 is 17.6 Å². The van der Waals surface area contributed by atoms with Crippen LogP contribution < -0.4 is 16.2 Å². The Hall–Kier alpha value is -2.44. The maximum Gasteiger partial charge on any atom is 0.419 e. The van der Waals surface area contributed by atoms with Gasteiger partial charge in [0.15, 0.2) is 0 Å². The summed E-state index contributed by atoms with van der Waals surface area (Å²) in [4.78, 5) is 0. The normalized spacial score (nSPS) is 11.4. The van der Waals surface area contributed by atoms with E-state index in [-0.39, 0.29) is 17.2 Å². The first-order valence-electron chi connectivity index (χ1n) is 5.47. The van der Waals surface area contributed by atoms with E-state index in [1.165, 1.54) is 18.2 Å². The lowest BCUT2D eigenvalue weighted by molar-refractivity contribution is -0.140. The molecule has 0 heterocycles. The van der Waals surface area contributed by atoms with Gasteiger partial charge in [0.1, 0.15) is 17.3 Å². The first kappa shape index (κ1) is 14.0. The zero-order valence-corrected chi connectivity index (χ0v) is 10.0. The van der Waals surface area contributed by atoms with Crippen molar-refractivity contribution in [3.63, 3.8) is 0 Å². The lowest BCUT2D eigenvalue weighted by atomic mass is 10.2. The second-order valence-electron chi connectivity index (χ2n) is 4.03. The van der Waals surface area contributed by atoms with Gasteiger partial charge in [0.2, 0.25) is 0 Å². The molecule has 0 aliphatic carbocycles. The SMILES string of the molecule is Nc1ccc(Oc2ccc(F)c(C(F)(F)F)c2)cc1N. The summed E-state index contributed by atoms with van der Waals surface area (Å²) in [6.07, 6.45) is -4.79. The third-order valence-electron chi connectivity index (χ3n) is 2.54. The third kappa shape index (κ3) is 2.93. The van der Waals surface area contributed by atoms with Crippen molar-refractivity contribution in [3.8, 4) is 11.5 Å². The molecule has 0 unspecified atom stereocenters. The van der Waals surface area contributed by atoms with E-state index in [9.17, 15) is 17.6 Å². The van der Waals surface area contributed by atoms with Crippen LogP contribution in [0.5, 0.6) is 11.5 Å². The fourth-order valence-corrected chi connectivity index (χ4v) is 1.54. The monoisotopic (exact) mass is 286 g/mol. The van der Waals surface area contributed by atoms with E-state index >= 15 is 0 Å². The number of nitrogens with two attached hydrogens (primary N) is 2. The maximum absolute atomic E-state index is 13.1. The molecule has 0 atom stereocenters. The zero-order valence-electron chi connectivity index (χ0n) is 10.0. The molecule has 106 valence electrons. The standard InChI is InChI=1S/C13H10F4N2O/c14-10-3-1-7(5-9(10)13(15,16)17)20-8-2-4-11(18)12(19)6-8/h1-6H,18-19H2. The van der Waals surface area contributed by atoms with Crippen LogP contribution in [0.4, 0.5) is 28.9 Å². The minimum absolute atomic E-state index is 0.150.